The van der Waals surface area contributed by atoms with Crippen molar-refractivity contribution in [3.05, 3.63) is 80.9 Å². The number of benzene rings is 3. The Labute approximate surface area is 224 Å². The Morgan fingerprint density at radius 3 is 2.16 bits per heavy atom. The molecule has 8 nitrogen and oxygen atoms in total. The van der Waals surface area contributed by atoms with E-state index in [1.165, 1.54) is 0 Å². The number of aliphatic carboxylic acids is 1. The first kappa shape index (κ1) is 28.5. The molecule has 0 fully saturated rings. The van der Waals surface area contributed by atoms with Crippen molar-refractivity contribution in [2.45, 2.75) is 30.0 Å². The van der Waals surface area contributed by atoms with Gasteiger partial charge in [-0.25, -0.2) is 13.2 Å². The number of anilines is 1. The SMILES string of the molecule is O=C(O)C(F)(F)F.O=S(=O)(Nc1ccc(CC2NCCc3cc(O)c(O)cc32)cc1)c1ccc(I)cc1. The summed E-state index contributed by atoms with van der Waals surface area (Å²) in [6.45, 7) is 0.787. The molecule has 3 aromatic carbocycles. The number of carboxylic acid groups (broad SMARTS) is 1. The quantitative estimate of drug-likeness (QED) is 0.202. The number of nitrogens with one attached hydrogen (secondary N) is 2. The molecule has 0 saturated heterocycles. The fraction of sp³-hybridized carbons (Fsp3) is 0.208. The van der Waals surface area contributed by atoms with Gasteiger partial charge in [-0.05, 0) is 107 Å². The van der Waals surface area contributed by atoms with Crippen LogP contribution in [-0.4, -0.2) is 42.4 Å². The van der Waals surface area contributed by atoms with Crippen LogP contribution in [0.25, 0.3) is 0 Å². The minimum atomic E-state index is -5.08. The van der Waals surface area contributed by atoms with Crippen molar-refractivity contribution in [1.29, 1.82) is 0 Å². The van der Waals surface area contributed by atoms with E-state index in [9.17, 15) is 31.8 Å². The maximum absolute atomic E-state index is 12.5. The molecule has 1 atom stereocenters. The van der Waals surface area contributed by atoms with Crippen LogP contribution in [-0.2, 0) is 27.7 Å². The molecular formula is C24H22F3IN2O6S. The second-order valence-electron chi connectivity index (χ2n) is 8.06. The van der Waals surface area contributed by atoms with Gasteiger partial charge in [-0.1, -0.05) is 12.1 Å². The van der Waals surface area contributed by atoms with Crippen molar-refractivity contribution in [3.63, 3.8) is 0 Å². The van der Waals surface area contributed by atoms with Crippen LogP contribution in [0.4, 0.5) is 18.9 Å². The minimum Gasteiger partial charge on any atom is -0.504 e. The normalized spacial score (nSPS) is 15.2. The molecule has 0 aliphatic carbocycles. The highest BCUT2D eigenvalue weighted by Gasteiger charge is 2.38. The maximum atomic E-state index is 12.5. The molecule has 1 aliphatic heterocycles. The number of carbonyl (C=O) groups is 1. The second-order valence-corrected chi connectivity index (χ2v) is 11.0. The van der Waals surface area contributed by atoms with E-state index in [0.717, 1.165) is 33.2 Å². The molecule has 0 spiro atoms. The average Bonchev–Trinajstić information content (AvgIpc) is 2.81. The van der Waals surface area contributed by atoms with Crippen LogP contribution < -0.4 is 10.0 Å². The lowest BCUT2D eigenvalue weighted by atomic mass is 9.90. The third-order valence-corrected chi connectivity index (χ3v) is 7.53. The lowest BCUT2D eigenvalue weighted by molar-refractivity contribution is -0.192. The summed E-state index contributed by atoms with van der Waals surface area (Å²) in [6.07, 6.45) is -3.61. The van der Waals surface area contributed by atoms with Gasteiger partial charge in [0, 0.05) is 15.3 Å². The highest BCUT2D eigenvalue weighted by molar-refractivity contribution is 14.1. The van der Waals surface area contributed by atoms with Crippen molar-refractivity contribution in [1.82, 2.24) is 5.32 Å². The first-order valence-electron chi connectivity index (χ1n) is 10.7. The summed E-state index contributed by atoms with van der Waals surface area (Å²) in [6, 6.07) is 17.2. The Morgan fingerprint density at radius 2 is 1.59 bits per heavy atom. The van der Waals surface area contributed by atoms with E-state index in [2.05, 4.69) is 32.6 Å². The molecule has 13 heteroatoms. The topological polar surface area (TPSA) is 136 Å². The van der Waals surface area contributed by atoms with Gasteiger partial charge >= 0.3 is 12.1 Å². The number of aromatic hydroxyl groups is 2. The predicted octanol–water partition coefficient (Wildman–Crippen LogP) is 4.57. The summed E-state index contributed by atoms with van der Waals surface area (Å²) < 4.78 is 60.4. The van der Waals surface area contributed by atoms with Gasteiger partial charge < -0.3 is 20.6 Å². The van der Waals surface area contributed by atoms with E-state index >= 15 is 0 Å². The molecule has 0 bridgehead atoms. The molecule has 0 amide bonds. The Kier molecular flexibility index (Phi) is 8.92. The number of sulfonamides is 1. The highest BCUT2D eigenvalue weighted by atomic mass is 127. The summed E-state index contributed by atoms with van der Waals surface area (Å²) in [7, 11) is -3.64. The summed E-state index contributed by atoms with van der Waals surface area (Å²) in [5.41, 5.74) is 3.53. The molecule has 198 valence electrons. The van der Waals surface area contributed by atoms with E-state index in [1.54, 1.807) is 48.5 Å². The molecule has 3 aromatic rings. The van der Waals surface area contributed by atoms with E-state index in [4.69, 9.17) is 9.90 Å². The molecule has 1 heterocycles. The lowest BCUT2D eigenvalue weighted by Crippen LogP contribution is -2.31. The van der Waals surface area contributed by atoms with Gasteiger partial charge in [0.15, 0.2) is 11.5 Å². The number of fused-ring (bicyclic) bond motifs is 1. The standard InChI is InChI=1S/C22H21IN2O4S.C2HF3O2/c23-16-3-7-18(8-4-16)30(28,29)25-17-5-1-14(2-6-17)11-20-19-13-22(27)21(26)12-15(19)9-10-24-20;3-2(4,5)1(6)7/h1-8,12-13,20,24-27H,9-11H2;(H,6,7). The number of rotatable bonds is 5. The number of carboxylic acids is 1. The van der Waals surface area contributed by atoms with Gasteiger partial charge in [-0.2, -0.15) is 13.2 Å². The third kappa shape index (κ3) is 7.72. The molecule has 0 aromatic heterocycles. The lowest BCUT2D eigenvalue weighted by Gasteiger charge is -2.27. The number of hydrogen-bond acceptors (Lipinski definition) is 6. The van der Waals surface area contributed by atoms with Gasteiger partial charge in [-0.15, -0.1) is 0 Å². The fourth-order valence-electron chi connectivity index (χ4n) is 3.62. The second kappa shape index (κ2) is 11.6. The molecule has 37 heavy (non-hydrogen) atoms. The van der Waals surface area contributed by atoms with Crippen molar-refractivity contribution >= 4 is 44.3 Å². The first-order chi connectivity index (χ1) is 17.3. The number of alkyl halides is 3. The monoisotopic (exact) mass is 650 g/mol. The predicted molar refractivity (Wildman–Crippen MR) is 138 cm³/mol. The van der Waals surface area contributed by atoms with Crippen LogP contribution in [0.5, 0.6) is 11.5 Å². The Hall–Kier alpha value is -3.04. The summed E-state index contributed by atoms with van der Waals surface area (Å²) >= 11 is 2.13. The summed E-state index contributed by atoms with van der Waals surface area (Å²) in [4.78, 5) is 9.12. The maximum Gasteiger partial charge on any atom is 0.490 e. The van der Waals surface area contributed by atoms with Crippen molar-refractivity contribution in [2.24, 2.45) is 0 Å². The zero-order valence-corrected chi connectivity index (χ0v) is 21.9. The van der Waals surface area contributed by atoms with E-state index < -0.39 is 22.2 Å². The van der Waals surface area contributed by atoms with Crippen molar-refractivity contribution < 1.29 is 41.7 Å². The Balaban J connectivity index is 0.000000479. The van der Waals surface area contributed by atoms with Crippen LogP contribution in [0.15, 0.2) is 65.6 Å². The molecule has 0 saturated carbocycles. The average molecular weight is 650 g/mol. The zero-order chi connectivity index (χ0) is 27.4. The minimum absolute atomic E-state index is 0.00887. The van der Waals surface area contributed by atoms with Crippen molar-refractivity contribution in [2.75, 3.05) is 11.3 Å². The number of phenols is 2. The highest BCUT2D eigenvalue weighted by Crippen LogP contribution is 2.35. The number of hydrogen-bond donors (Lipinski definition) is 5. The smallest absolute Gasteiger partial charge is 0.490 e. The van der Waals surface area contributed by atoms with Crippen LogP contribution in [0, 0.1) is 3.57 Å². The fourth-order valence-corrected chi connectivity index (χ4v) is 5.04. The van der Waals surface area contributed by atoms with Gasteiger partial charge in [-0.3, -0.25) is 4.72 Å². The molecule has 0 radical (unpaired) electrons. The van der Waals surface area contributed by atoms with Gasteiger partial charge in [0.1, 0.15) is 0 Å². The number of halogens is 4. The third-order valence-electron chi connectivity index (χ3n) is 5.41. The van der Waals surface area contributed by atoms with Crippen LogP contribution >= 0.6 is 22.6 Å². The Morgan fingerprint density at radius 1 is 1.03 bits per heavy atom. The zero-order valence-electron chi connectivity index (χ0n) is 19.0. The van der Waals surface area contributed by atoms with Gasteiger partial charge in [0.25, 0.3) is 10.0 Å². The molecule has 1 aliphatic rings. The van der Waals surface area contributed by atoms with E-state index in [1.807, 2.05) is 12.1 Å². The van der Waals surface area contributed by atoms with Crippen LogP contribution in [0.1, 0.15) is 22.7 Å². The van der Waals surface area contributed by atoms with Crippen LogP contribution in [0.3, 0.4) is 0 Å². The van der Waals surface area contributed by atoms with E-state index in [0.29, 0.717) is 12.1 Å². The molecule has 5 N–H and O–H groups in total. The molecule has 1 unspecified atom stereocenters. The van der Waals surface area contributed by atoms with Crippen molar-refractivity contribution in [3.8, 4) is 11.5 Å². The summed E-state index contributed by atoms with van der Waals surface area (Å²) in [5, 5.41) is 30.2. The molecule has 4 rings (SSSR count). The first-order valence-corrected chi connectivity index (χ1v) is 13.3. The van der Waals surface area contributed by atoms with Gasteiger partial charge in [0.05, 0.1) is 4.90 Å². The molecular weight excluding hydrogens is 628 g/mol. The summed E-state index contributed by atoms with van der Waals surface area (Å²) in [5.74, 6) is -2.98. The number of phenolic OH excluding ortho intramolecular Hbond substituents is 2. The Bertz CT molecular complexity index is 1360. The van der Waals surface area contributed by atoms with Crippen LogP contribution in [0.2, 0.25) is 0 Å². The van der Waals surface area contributed by atoms with E-state index in [-0.39, 0.29) is 22.4 Å². The largest absolute Gasteiger partial charge is 0.504 e. The van der Waals surface area contributed by atoms with Gasteiger partial charge in [0.2, 0.25) is 0 Å².